The number of aryl methyl sites for hydroxylation is 2. The zero-order valence-electron chi connectivity index (χ0n) is 75.3. The minimum absolute atomic E-state index is 0.300. The largest absolute Gasteiger partial charge is 0.376 e. The van der Waals surface area contributed by atoms with E-state index in [0.717, 1.165) is 158 Å². The van der Waals surface area contributed by atoms with E-state index < -0.39 is 0 Å². The molecule has 0 saturated heterocycles. The van der Waals surface area contributed by atoms with Crippen molar-refractivity contribution in [2.24, 2.45) is 0 Å². The van der Waals surface area contributed by atoms with Crippen molar-refractivity contribution in [1.29, 1.82) is 0 Å². The van der Waals surface area contributed by atoms with E-state index in [2.05, 4.69) is 553 Å². The average molecular weight is 1730 g/mol. The van der Waals surface area contributed by atoms with Gasteiger partial charge >= 0.3 is 13.7 Å². The van der Waals surface area contributed by atoms with E-state index >= 15 is 0 Å². The summed E-state index contributed by atoms with van der Waals surface area (Å²) in [4.78, 5) is 15.4. The first-order chi connectivity index (χ1) is 67.3. The highest BCUT2D eigenvalue weighted by Gasteiger charge is 2.49. The second-order valence-electron chi connectivity index (χ2n) is 36.0. The van der Waals surface area contributed by atoms with Crippen molar-refractivity contribution < 1.29 is 0 Å². The molecule has 4 aliphatic heterocycles. The molecule has 0 amide bonds. The van der Waals surface area contributed by atoms with Gasteiger partial charge in [-0.05, 0) is 329 Å². The van der Waals surface area contributed by atoms with Crippen molar-refractivity contribution in [3.63, 3.8) is 0 Å². The van der Waals surface area contributed by atoms with Gasteiger partial charge in [0.25, 0.3) is 0 Å². The monoisotopic (exact) mass is 1730 g/mol. The van der Waals surface area contributed by atoms with Crippen LogP contribution in [0.4, 0.5) is 91.0 Å². The Balaban J connectivity index is 0.673. The molecule has 0 atom stereocenters. The molecule has 21 aromatic rings. The van der Waals surface area contributed by atoms with Gasteiger partial charge in [0, 0.05) is 102 Å². The van der Waals surface area contributed by atoms with Crippen LogP contribution in [0.15, 0.2) is 510 Å². The lowest BCUT2D eigenvalue weighted by Gasteiger charge is -2.46. The summed E-state index contributed by atoms with van der Waals surface area (Å²) in [6.45, 7) is 3.95. The highest BCUT2D eigenvalue weighted by molar-refractivity contribution is 6.94. The van der Waals surface area contributed by atoms with Crippen LogP contribution in [-0.2, 0) is 0 Å². The molecule has 0 radical (unpaired) electrons. The van der Waals surface area contributed by atoms with Crippen LogP contribution >= 0.6 is 0 Å². The molecule has 638 valence electrons. The van der Waals surface area contributed by atoms with Crippen LogP contribution in [0, 0.1) is 13.8 Å². The second-order valence-corrected chi connectivity index (χ2v) is 36.0. The van der Waals surface area contributed by atoms with Gasteiger partial charge in [-0.2, -0.15) is 0 Å². The number of para-hydroxylation sites is 4. The summed E-state index contributed by atoms with van der Waals surface area (Å²) in [6.07, 6.45) is 0. The number of hydrogen-bond donors (Lipinski definition) is 0. The SMILES string of the molecule is Cc1cc(-c2ccccc2)ccc1N1c2ccc(N(c3ccccc3)c3ccccc3)cc2B2c3c(cc(-c4cccc(-c5cccc(N(c6ccccc6)c6ccc7c(c6)B6c8c(cc(-c9ccccc9)cc8N7c7ccc(-c8ccccc8)cc7C)-c7cc(-c8ccccc8)ccc7N6c6cccc(-c7ccccc7)c6)c5)c4)cc31)-c1ccccc1N2c1cccc(-c2ccccc2)c1. The number of fused-ring (bicyclic) bond motifs is 8. The molecule has 0 aliphatic carbocycles. The Hall–Kier alpha value is -17.5. The molecule has 8 heteroatoms. The molecular formula is C128H90B2N6. The molecule has 0 saturated carbocycles. The van der Waals surface area contributed by atoms with Crippen LogP contribution < -0.4 is 51.1 Å². The molecule has 4 aliphatic rings. The number of benzene rings is 21. The second kappa shape index (κ2) is 34.1. The number of hydrogen-bond acceptors (Lipinski definition) is 6. The summed E-state index contributed by atoms with van der Waals surface area (Å²) < 4.78 is 0. The maximum absolute atomic E-state index is 2.66. The Morgan fingerprint density at radius 1 is 0.162 bits per heavy atom. The molecule has 25 rings (SSSR count). The smallest absolute Gasteiger partial charge is 0.333 e. The van der Waals surface area contributed by atoms with Crippen LogP contribution in [-0.4, -0.2) is 13.7 Å². The molecular weight excluding hydrogens is 1640 g/mol. The van der Waals surface area contributed by atoms with E-state index in [1.54, 1.807) is 0 Å². The Bertz CT molecular complexity index is 8110. The van der Waals surface area contributed by atoms with Crippen molar-refractivity contribution in [2.75, 3.05) is 29.2 Å². The van der Waals surface area contributed by atoms with Crippen LogP contribution in [0.2, 0.25) is 0 Å². The first-order valence-corrected chi connectivity index (χ1v) is 47.1. The minimum Gasteiger partial charge on any atom is -0.376 e. The standard InChI is InChI=1S/C128H90B2N6/c1-87-74-100(91-40-16-5-17-41-91)64-69-119(87)133-124-73-68-110(86-118(124)130-128-116(81-103(83-125(128)133)94-46-22-8-23-47-94)114-80-102(93-44-20-7-21-45-93)66-71-122(114)136(130)112-61-35-51-98(79-112)90-38-14-4-15-39-90)132(107-57-28-11-29-58-107)108-59-33-52-99(77-108)95-48-32-49-96(76-95)104-82-115-113-62-30-31-63-121(113)135(111-60-34-50-97(78-111)89-36-12-3-13-37-89)129-117-85-109(131(105-53-24-9-25-54-105)106-55-26-10-27-56-106)67-72-123(117)134(126(84-104)127(115)129)120-70-65-101(75-88(120)2)92-42-18-6-19-43-92/h3-86H,1-2H3. The van der Waals surface area contributed by atoms with Crippen LogP contribution in [0.25, 0.3) is 111 Å². The number of anilines is 16. The van der Waals surface area contributed by atoms with Gasteiger partial charge in [-0.3, -0.25) is 0 Å². The third-order valence-electron chi connectivity index (χ3n) is 27.9. The molecule has 4 heterocycles. The first-order valence-electron chi connectivity index (χ1n) is 47.1. The summed E-state index contributed by atoms with van der Waals surface area (Å²) in [5.74, 6) is 0. The van der Waals surface area contributed by atoms with Crippen molar-refractivity contribution >= 4 is 127 Å². The lowest BCUT2D eigenvalue weighted by Crippen LogP contribution is -2.61. The highest BCUT2D eigenvalue weighted by atomic mass is 15.2. The lowest BCUT2D eigenvalue weighted by atomic mass is 9.43. The normalized spacial score (nSPS) is 12.4. The van der Waals surface area contributed by atoms with Gasteiger partial charge in [-0.1, -0.05) is 328 Å². The molecule has 0 fully saturated rings. The van der Waals surface area contributed by atoms with Gasteiger partial charge in [0.2, 0.25) is 0 Å². The summed E-state index contributed by atoms with van der Waals surface area (Å²) in [6, 6.07) is 190. The molecule has 0 N–H and O–H groups in total. The molecule has 21 aromatic carbocycles. The Morgan fingerprint density at radius 3 is 0.868 bits per heavy atom. The lowest BCUT2D eigenvalue weighted by molar-refractivity contribution is 1.23. The number of nitrogens with zero attached hydrogens (tertiary/aromatic N) is 6. The zero-order chi connectivity index (χ0) is 90.3. The molecule has 6 nitrogen and oxygen atoms in total. The maximum Gasteiger partial charge on any atom is 0.333 e. The number of rotatable bonds is 18. The fourth-order valence-corrected chi connectivity index (χ4v) is 21.7. The van der Waals surface area contributed by atoms with E-state index in [1.807, 2.05) is 0 Å². The maximum atomic E-state index is 2.66. The minimum atomic E-state index is -0.333. The van der Waals surface area contributed by atoms with Gasteiger partial charge in [-0.15, -0.1) is 0 Å². The van der Waals surface area contributed by atoms with Gasteiger partial charge in [-0.25, -0.2) is 0 Å². The quantitative estimate of drug-likeness (QED) is 0.0792. The summed E-state index contributed by atoms with van der Waals surface area (Å²) in [5, 5.41) is 0. The van der Waals surface area contributed by atoms with Crippen molar-refractivity contribution in [2.45, 2.75) is 13.8 Å². The van der Waals surface area contributed by atoms with Crippen LogP contribution in [0.1, 0.15) is 11.1 Å². The van der Waals surface area contributed by atoms with Crippen molar-refractivity contribution in [1.82, 2.24) is 0 Å². The third-order valence-corrected chi connectivity index (χ3v) is 27.9. The predicted octanol–water partition coefficient (Wildman–Crippen LogP) is 32.0. The Kier molecular flexibility index (Phi) is 20.2. The molecule has 0 aromatic heterocycles. The van der Waals surface area contributed by atoms with Gasteiger partial charge in [0.15, 0.2) is 0 Å². The van der Waals surface area contributed by atoms with Gasteiger partial charge in [0.1, 0.15) is 0 Å². The average Bonchev–Trinajstić information content (AvgIpc) is 0.690. The van der Waals surface area contributed by atoms with E-state index in [9.17, 15) is 0 Å². The Labute approximate surface area is 796 Å². The molecule has 136 heavy (non-hydrogen) atoms. The van der Waals surface area contributed by atoms with E-state index in [1.165, 1.54) is 77.5 Å². The summed E-state index contributed by atoms with van der Waals surface area (Å²) in [5.41, 5.74) is 47.8. The molecule has 0 bridgehead atoms. The van der Waals surface area contributed by atoms with Crippen LogP contribution in [0.5, 0.6) is 0 Å². The van der Waals surface area contributed by atoms with Gasteiger partial charge in [0.05, 0.1) is 0 Å². The summed E-state index contributed by atoms with van der Waals surface area (Å²) in [7, 11) is 0. The highest BCUT2D eigenvalue weighted by Crippen LogP contribution is 2.55. The molecule has 0 spiro atoms. The van der Waals surface area contributed by atoms with Crippen molar-refractivity contribution in [3.8, 4) is 111 Å². The van der Waals surface area contributed by atoms with Crippen LogP contribution in [0.3, 0.4) is 0 Å². The van der Waals surface area contributed by atoms with Gasteiger partial charge < -0.3 is 29.2 Å². The fraction of sp³-hybridized carbons (Fsp3) is 0.0156. The topological polar surface area (TPSA) is 19.4 Å². The Morgan fingerprint density at radius 2 is 0.441 bits per heavy atom. The van der Waals surface area contributed by atoms with E-state index in [0.29, 0.717) is 0 Å². The fourth-order valence-electron chi connectivity index (χ4n) is 21.7. The third kappa shape index (κ3) is 14.2. The first kappa shape index (κ1) is 80.6. The van der Waals surface area contributed by atoms with Crippen molar-refractivity contribution in [3.05, 3.63) is 521 Å². The summed E-state index contributed by atoms with van der Waals surface area (Å²) >= 11 is 0. The predicted molar refractivity (Wildman–Crippen MR) is 576 cm³/mol. The zero-order valence-corrected chi connectivity index (χ0v) is 75.3. The van der Waals surface area contributed by atoms with E-state index in [-0.39, 0.29) is 13.7 Å². The van der Waals surface area contributed by atoms with E-state index in [4.69, 9.17) is 0 Å². The molecule has 0 unspecified atom stereocenters.